The van der Waals surface area contributed by atoms with Gasteiger partial charge in [0.1, 0.15) is 13.5 Å². The van der Waals surface area contributed by atoms with Gasteiger partial charge in [-0.2, -0.15) is 0 Å². The Labute approximate surface area is 106 Å². The topological polar surface area (TPSA) is 102 Å². The number of alkyl carbamates (subject to hydrolysis) is 1. The Kier molecular flexibility index (Phi) is 8.96. The highest BCUT2D eigenvalue weighted by atomic mass is 31.1. The van der Waals surface area contributed by atoms with Crippen molar-refractivity contribution in [2.45, 2.75) is 13.8 Å². The second-order valence-corrected chi connectivity index (χ2v) is 4.89. The van der Waals surface area contributed by atoms with Crippen molar-refractivity contribution >= 4 is 19.9 Å². The van der Waals surface area contributed by atoms with Crippen LogP contribution in [0.15, 0.2) is 11.8 Å². The van der Waals surface area contributed by atoms with Crippen molar-refractivity contribution < 1.29 is 28.7 Å². The Bertz CT molecular complexity index is 341. The Morgan fingerprint density at radius 1 is 1.28 bits per heavy atom. The summed E-state index contributed by atoms with van der Waals surface area (Å²) >= 11 is 0. The molecule has 0 aromatic heterocycles. The average Bonchev–Trinajstić information content (AvgIpc) is 2.34. The molecule has 0 saturated carbocycles. The number of nitrogens with one attached hydrogen (secondary N) is 1. The maximum absolute atomic E-state index is 11.5. The van der Waals surface area contributed by atoms with E-state index < -0.39 is 26.2 Å². The van der Waals surface area contributed by atoms with Crippen molar-refractivity contribution in [1.82, 2.24) is 5.32 Å². The molecule has 18 heavy (non-hydrogen) atoms. The van der Waals surface area contributed by atoms with Gasteiger partial charge in [0.05, 0.1) is 19.6 Å². The monoisotopic (exact) mass is 279 g/mol. The minimum Gasteiger partial charge on any atom is -0.461 e. The van der Waals surface area contributed by atoms with E-state index >= 15 is 0 Å². The highest BCUT2D eigenvalue weighted by Gasteiger charge is 2.14. The first-order valence-corrected chi connectivity index (χ1v) is 7.30. The van der Waals surface area contributed by atoms with E-state index in [4.69, 9.17) is 9.84 Å². The zero-order chi connectivity index (χ0) is 14.0. The summed E-state index contributed by atoms with van der Waals surface area (Å²) in [4.78, 5) is 22.6. The molecule has 0 saturated heterocycles. The Morgan fingerprint density at radius 3 is 2.39 bits per heavy atom. The van der Waals surface area contributed by atoms with E-state index in [1.54, 1.807) is 13.8 Å². The fourth-order valence-corrected chi connectivity index (χ4v) is 1.51. The van der Waals surface area contributed by atoms with Crippen LogP contribution in [0.4, 0.5) is 4.79 Å². The minimum absolute atomic E-state index is 0.00171. The van der Waals surface area contributed by atoms with Gasteiger partial charge in [-0.1, -0.05) is 0 Å². The molecule has 8 heteroatoms. The van der Waals surface area contributed by atoms with E-state index in [9.17, 15) is 14.2 Å². The molecule has 0 spiro atoms. The molecule has 0 aliphatic heterocycles. The van der Waals surface area contributed by atoms with E-state index in [1.165, 1.54) is 6.08 Å². The first kappa shape index (κ1) is 16.7. The second kappa shape index (κ2) is 9.67. The SMILES string of the molecule is CCOC(=O)N/C(=C/C[PH](=O)CO)C(=O)OCC. The molecule has 2 N–H and O–H groups in total. The maximum atomic E-state index is 11.5. The predicted molar refractivity (Wildman–Crippen MR) is 65.8 cm³/mol. The van der Waals surface area contributed by atoms with Crippen molar-refractivity contribution in [2.24, 2.45) is 0 Å². The van der Waals surface area contributed by atoms with Gasteiger partial charge in [0.25, 0.3) is 0 Å². The predicted octanol–water partition coefficient (Wildman–Crippen LogP) is 0.689. The molecule has 1 unspecified atom stereocenters. The molecule has 0 aromatic carbocycles. The van der Waals surface area contributed by atoms with Crippen LogP contribution in [-0.2, 0) is 18.8 Å². The van der Waals surface area contributed by atoms with Gasteiger partial charge < -0.3 is 19.1 Å². The van der Waals surface area contributed by atoms with Crippen LogP contribution in [0.3, 0.4) is 0 Å². The van der Waals surface area contributed by atoms with Crippen LogP contribution in [0.5, 0.6) is 0 Å². The zero-order valence-electron chi connectivity index (χ0n) is 10.4. The first-order valence-electron chi connectivity index (χ1n) is 5.48. The van der Waals surface area contributed by atoms with E-state index in [1.807, 2.05) is 0 Å². The summed E-state index contributed by atoms with van der Waals surface area (Å²) in [6, 6.07) is 0. The van der Waals surface area contributed by atoms with Crippen LogP contribution < -0.4 is 5.32 Å². The summed E-state index contributed by atoms with van der Waals surface area (Å²) in [5.74, 6) is -0.738. The fraction of sp³-hybridized carbons (Fsp3) is 0.600. The molecule has 0 aliphatic rings. The summed E-state index contributed by atoms with van der Waals surface area (Å²) in [5, 5.41) is 10.8. The largest absolute Gasteiger partial charge is 0.461 e. The second-order valence-electron chi connectivity index (χ2n) is 3.08. The van der Waals surface area contributed by atoms with Gasteiger partial charge in [-0.15, -0.1) is 0 Å². The molecule has 0 fully saturated rings. The van der Waals surface area contributed by atoms with Crippen LogP contribution in [0.1, 0.15) is 13.8 Å². The summed E-state index contributed by atoms with van der Waals surface area (Å²) in [6.45, 7) is 3.55. The van der Waals surface area contributed by atoms with E-state index in [0.717, 1.165) is 0 Å². The molecule has 0 rings (SSSR count). The molecule has 1 atom stereocenters. The molecular formula is C10H18NO6P. The number of carbonyl (C=O) groups is 2. The van der Waals surface area contributed by atoms with Crippen LogP contribution in [0.25, 0.3) is 0 Å². The number of hydrogen-bond acceptors (Lipinski definition) is 6. The van der Waals surface area contributed by atoms with Gasteiger partial charge in [0.2, 0.25) is 0 Å². The van der Waals surface area contributed by atoms with Gasteiger partial charge >= 0.3 is 12.1 Å². The third-order valence-electron chi connectivity index (χ3n) is 1.72. The van der Waals surface area contributed by atoms with Crippen molar-refractivity contribution in [2.75, 3.05) is 25.7 Å². The van der Waals surface area contributed by atoms with Crippen molar-refractivity contribution in [1.29, 1.82) is 0 Å². The number of amides is 1. The number of esters is 1. The van der Waals surface area contributed by atoms with Gasteiger partial charge in [-0.25, -0.2) is 9.59 Å². The Balaban J connectivity index is 4.65. The molecule has 0 aromatic rings. The number of allylic oxidation sites excluding steroid dienone is 1. The number of rotatable bonds is 7. The highest BCUT2D eigenvalue weighted by molar-refractivity contribution is 7.44. The summed E-state index contributed by atoms with van der Waals surface area (Å²) in [7, 11) is -2.19. The van der Waals surface area contributed by atoms with Crippen molar-refractivity contribution in [3.8, 4) is 0 Å². The average molecular weight is 279 g/mol. The summed E-state index contributed by atoms with van der Waals surface area (Å²) < 4.78 is 20.4. The minimum atomic E-state index is -2.19. The molecular weight excluding hydrogens is 261 g/mol. The molecule has 0 radical (unpaired) electrons. The summed E-state index contributed by atoms with van der Waals surface area (Å²) in [5.41, 5.74) is -0.137. The number of ether oxygens (including phenoxy) is 2. The quantitative estimate of drug-likeness (QED) is 0.404. The number of carbonyl (C=O) groups excluding carboxylic acids is 2. The number of aliphatic hydroxyl groups is 1. The smallest absolute Gasteiger partial charge is 0.411 e. The molecule has 104 valence electrons. The summed E-state index contributed by atoms with van der Waals surface area (Å²) in [6.07, 6.45) is 0.0191. The van der Waals surface area contributed by atoms with Crippen LogP contribution in [0.2, 0.25) is 0 Å². The van der Waals surface area contributed by atoms with E-state index in [2.05, 4.69) is 10.1 Å². The lowest BCUT2D eigenvalue weighted by atomic mass is 10.4. The standard InChI is InChI=1S/C10H18NO6P/c1-3-16-9(13)8(5-6-18(15)7-12)11-10(14)17-4-2/h5,12,18H,3-4,6-7H2,1-2H3,(H,11,14)/b8-5+. The number of hydrogen-bond donors (Lipinski definition) is 2. The zero-order valence-corrected chi connectivity index (χ0v) is 11.4. The lowest BCUT2D eigenvalue weighted by molar-refractivity contribution is -0.138. The molecule has 0 heterocycles. The fourth-order valence-electron chi connectivity index (χ4n) is 0.952. The normalized spacial score (nSPS) is 12.7. The van der Waals surface area contributed by atoms with Crippen LogP contribution >= 0.6 is 7.80 Å². The van der Waals surface area contributed by atoms with Crippen molar-refractivity contribution in [3.05, 3.63) is 11.8 Å². The van der Waals surface area contributed by atoms with E-state index in [0.29, 0.717) is 0 Å². The van der Waals surface area contributed by atoms with Gasteiger partial charge in [-0.3, -0.25) is 5.32 Å². The maximum Gasteiger partial charge on any atom is 0.411 e. The molecule has 1 amide bonds. The lowest BCUT2D eigenvalue weighted by Gasteiger charge is -2.08. The van der Waals surface area contributed by atoms with Gasteiger partial charge in [0, 0.05) is 6.16 Å². The van der Waals surface area contributed by atoms with Crippen molar-refractivity contribution in [3.63, 3.8) is 0 Å². The lowest BCUT2D eigenvalue weighted by Crippen LogP contribution is -2.29. The van der Waals surface area contributed by atoms with Crippen LogP contribution in [0, 0.1) is 0 Å². The molecule has 7 nitrogen and oxygen atoms in total. The third kappa shape index (κ3) is 7.09. The Hall–Kier alpha value is -1.33. The molecule has 0 aliphatic carbocycles. The molecule has 0 bridgehead atoms. The van der Waals surface area contributed by atoms with Gasteiger partial charge in [-0.05, 0) is 19.9 Å². The third-order valence-corrected chi connectivity index (χ3v) is 2.73. The first-order chi connectivity index (χ1) is 8.54. The Morgan fingerprint density at radius 2 is 1.89 bits per heavy atom. The highest BCUT2D eigenvalue weighted by Crippen LogP contribution is 2.18. The number of aliphatic hydroxyl groups excluding tert-OH is 1. The van der Waals surface area contributed by atoms with Gasteiger partial charge in [0.15, 0.2) is 0 Å². The van der Waals surface area contributed by atoms with Crippen LogP contribution in [-0.4, -0.2) is 42.9 Å². The van der Waals surface area contributed by atoms with E-state index in [-0.39, 0.29) is 25.1 Å².